The molecule has 0 saturated carbocycles. The summed E-state index contributed by atoms with van der Waals surface area (Å²) in [6.45, 7) is 13.2. The number of rotatable bonds is 4. The number of halogens is 2. The molecule has 0 aromatic heterocycles. The number of hydrogen-bond donors (Lipinski definition) is 0. The summed E-state index contributed by atoms with van der Waals surface area (Å²) in [4.78, 5) is 0. The third-order valence-corrected chi connectivity index (χ3v) is 3.34. The first kappa shape index (κ1) is 32.4. The van der Waals surface area contributed by atoms with Crippen LogP contribution in [0, 0.1) is 13.8 Å². The van der Waals surface area contributed by atoms with Crippen LogP contribution in [-0.4, -0.2) is 9.52 Å². The topological polar surface area (TPSA) is 0 Å². The van der Waals surface area contributed by atoms with Gasteiger partial charge in [-0.25, -0.2) is 24.3 Å². The summed E-state index contributed by atoms with van der Waals surface area (Å²) in [6.07, 6.45) is 4.98. The summed E-state index contributed by atoms with van der Waals surface area (Å²) in [5, 5.41) is 0. The summed E-state index contributed by atoms with van der Waals surface area (Å²) in [5.74, 6) is 0. The predicted molar refractivity (Wildman–Crippen MR) is 100 cm³/mol. The molecule has 0 atom stereocenters. The van der Waals surface area contributed by atoms with E-state index in [2.05, 4.69) is 77.2 Å². The van der Waals surface area contributed by atoms with E-state index in [1.54, 1.807) is 0 Å². The van der Waals surface area contributed by atoms with Gasteiger partial charge >= 0.3 is 26.2 Å². The molecule has 0 amide bonds. The Morgan fingerprint density at radius 1 is 0.792 bits per heavy atom. The van der Waals surface area contributed by atoms with Crippen LogP contribution in [0.4, 0.5) is 0 Å². The minimum Gasteiger partial charge on any atom is -1.00 e. The molecule has 24 heavy (non-hydrogen) atoms. The Kier molecular flexibility index (Phi) is 29.5. The Morgan fingerprint density at radius 3 is 1.25 bits per heavy atom. The number of aryl methyl sites for hydroxylation is 4. The van der Waals surface area contributed by atoms with E-state index in [0.717, 1.165) is 9.52 Å². The molecule has 0 nitrogen and oxygen atoms in total. The Morgan fingerprint density at radius 2 is 1.08 bits per heavy atom. The van der Waals surface area contributed by atoms with E-state index in [1.165, 1.54) is 47.9 Å². The van der Waals surface area contributed by atoms with Gasteiger partial charge in [-0.3, -0.25) is 0 Å². The molecule has 0 heterocycles. The largest absolute Gasteiger partial charge is 4.00 e. The summed E-state index contributed by atoms with van der Waals surface area (Å²) in [5.41, 5.74) is 5.91. The molecule has 2 aromatic rings. The monoisotopic (exact) mass is 549 g/mol. The van der Waals surface area contributed by atoms with Crippen molar-refractivity contribution in [1.82, 2.24) is 0 Å². The van der Waals surface area contributed by atoms with Gasteiger partial charge in [0, 0.05) is 9.52 Å². The van der Waals surface area contributed by atoms with Crippen molar-refractivity contribution in [1.29, 1.82) is 0 Å². The van der Waals surface area contributed by atoms with Crippen molar-refractivity contribution in [2.45, 2.75) is 66.5 Å². The Labute approximate surface area is 193 Å². The average molecular weight is 553 g/mol. The molecule has 0 bridgehead atoms. The fourth-order valence-electron chi connectivity index (χ4n) is 2.19. The zero-order valence-electron chi connectivity index (χ0n) is 16.1. The van der Waals surface area contributed by atoms with Crippen molar-refractivity contribution in [3.05, 3.63) is 58.7 Å². The molecule has 0 saturated heterocycles. The van der Waals surface area contributed by atoms with Crippen LogP contribution >= 0.6 is 0 Å². The second-order valence-electron chi connectivity index (χ2n) is 5.55. The average Bonchev–Trinajstić information content (AvgIpc) is 3.03. The maximum Gasteiger partial charge on any atom is 4.00 e. The van der Waals surface area contributed by atoms with Crippen LogP contribution in [-0.2, 0) is 39.0 Å². The van der Waals surface area contributed by atoms with Crippen molar-refractivity contribution >= 4 is 9.52 Å². The van der Waals surface area contributed by atoms with Crippen LogP contribution in [0.3, 0.4) is 0 Å². The van der Waals surface area contributed by atoms with Crippen LogP contribution < -0.4 is 34.0 Å². The van der Waals surface area contributed by atoms with Gasteiger partial charge < -0.3 is 34.0 Å². The standard InChI is InChI=1S/2C9H13.C2H7Si.2BrH.Zr/c2*1-3-5-9-7-4-6-8(9)2;1-3-2;;;/h2*4,6-7H,3,5H2,1-2H3;3H,1-2H3;2*1H;/q2*-1;;;;+4/p-2. The van der Waals surface area contributed by atoms with Gasteiger partial charge in [0.05, 0.1) is 0 Å². The fourth-order valence-corrected chi connectivity index (χ4v) is 2.19. The second kappa shape index (κ2) is 21.8. The molecule has 0 fully saturated rings. The fraction of sp³-hybridized carbons (Fsp3) is 0.500. The molecule has 0 N–H and O–H groups in total. The minimum atomic E-state index is 0. The smallest absolute Gasteiger partial charge is 1.00 e. The van der Waals surface area contributed by atoms with E-state index in [-0.39, 0.29) is 60.2 Å². The molecule has 0 spiro atoms. The Bertz CT molecular complexity index is 421. The van der Waals surface area contributed by atoms with Crippen LogP contribution in [0.1, 0.15) is 48.9 Å². The first-order valence-electron chi connectivity index (χ1n) is 8.26. The minimum absolute atomic E-state index is 0. The molecule has 0 aliphatic heterocycles. The van der Waals surface area contributed by atoms with E-state index in [4.69, 9.17) is 0 Å². The molecule has 0 aliphatic rings. The van der Waals surface area contributed by atoms with Crippen molar-refractivity contribution in [3.8, 4) is 0 Å². The molecule has 1 radical (unpaired) electrons. The van der Waals surface area contributed by atoms with Gasteiger partial charge in [-0.2, -0.15) is 34.4 Å². The van der Waals surface area contributed by atoms with E-state index in [1.807, 2.05) is 0 Å². The van der Waals surface area contributed by atoms with E-state index >= 15 is 0 Å². The third-order valence-electron chi connectivity index (χ3n) is 3.34. The van der Waals surface area contributed by atoms with Crippen molar-refractivity contribution in [2.24, 2.45) is 0 Å². The Balaban J connectivity index is -0.000000130. The summed E-state index contributed by atoms with van der Waals surface area (Å²) >= 11 is 0. The van der Waals surface area contributed by atoms with Crippen molar-refractivity contribution < 1.29 is 60.2 Å². The van der Waals surface area contributed by atoms with Crippen LogP contribution in [0.5, 0.6) is 0 Å². The van der Waals surface area contributed by atoms with Gasteiger partial charge in [0.2, 0.25) is 0 Å². The molecular formula is C20H33Br2SiZr. The van der Waals surface area contributed by atoms with Crippen LogP contribution in [0.2, 0.25) is 13.1 Å². The molecule has 0 unspecified atom stereocenters. The first-order valence-corrected chi connectivity index (χ1v) is 10.6. The van der Waals surface area contributed by atoms with Crippen molar-refractivity contribution in [2.75, 3.05) is 0 Å². The quantitative estimate of drug-likeness (QED) is 0.366. The summed E-state index contributed by atoms with van der Waals surface area (Å²) in [6, 6.07) is 13.0. The van der Waals surface area contributed by atoms with Gasteiger partial charge in [0.15, 0.2) is 0 Å². The van der Waals surface area contributed by atoms with Gasteiger partial charge in [0.25, 0.3) is 0 Å². The summed E-state index contributed by atoms with van der Waals surface area (Å²) < 4.78 is 0. The van der Waals surface area contributed by atoms with E-state index < -0.39 is 0 Å². The normalized spacial score (nSPS) is 8.25. The van der Waals surface area contributed by atoms with Crippen molar-refractivity contribution in [3.63, 3.8) is 0 Å². The zero-order valence-corrected chi connectivity index (χ0v) is 22.9. The molecule has 2 aromatic carbocycles. The van der Waals surface area contributed by atoms with E-state index in [0.29, 0.717) is 0 Å². The molecule has 4 heteroatoms. The predicted octanol–water partition coefficient (Wildman–Crippen LogP) is -0.143. The van der Waals surface area contributed by atoms with Gasteiger partial charge in [0.1, 0.15) is 0 Å². The van der Waals surface area contributed by atoms with Gasteiger partial charge in [-0.05, 0) is 0 Å². The molecule has 135 valence electrons. The van der Waals surface area contributed by atoms with Gasteiger partial charge in [-0.1, -0.05) is 66.5 Å². The number of hydrogen-bond acceptors (Lipinski definition) is 0. The van der Waals surface area contributed by atoms with Crippen LogP contribution in [0.25, 0.3) is 0 Å². The SMILES string of the molecule is CCC[c-]1cccc1C.CCC[c-]1cccc1C.C[SiH]C.[Br-].[Br-].[Zr+4]. The third kappa shape index (κ3) is 15.0. The van der Waals surface area contributed by atoms with Crippen LogP contribution in [0.15, 0.2) is 36.4 Å². The summed E-state index contributed by atoms with van der Waals surface area (Å²) in [7, 11) is 0.750. The maximum atomic E-state index is 2.21. The zero-order chi connectivity index (χ0) is 16.1. The van der Waals surface area contributed by atoms with Gasteiger partial charge in [-0.15, -0.1) is 0 Å². The molecular weight excluding hydrogens is 519 g/mol. The maximum absolute atomic E-state index is 2.21. The van der Waals surface area contributed by atoms with E-state index in [9.17, 15) is 0 Å². The molecule has 0 aliphatic carbocycles. The second-order valence-corrected chi connectivity index (χ2v) is 6.70. The Hall–Kier alpha value is 0.760. The first-order chi connectivity index (χ1) is 10.1. The molecule has 2 rings (SSSR count).